The van der Waals surface area contributed by atoms with Gasteiger partial charge in [-0.2, -0.15) is 5.10 Å². The average molecular weight is 565 g/mol. The SMILES string of the molecule is [2H]C([2H])([2H])Oc1cc(-n2c(C3(O)CCCC[C@@H]3OC)c(-c3ccc(C(=O)O)c(C)c3)c3c(F)c4[nH]ncc4cc32)ccc1F. The van der Waals surface area contributed by atoms with E-state index in [4.69, 9.17) is 13.6 Å². The van der Waals surface area contributed by atoms with Gasteiger partial charge in [0.05, 0.1) is 40.2 Å². The summed E-state index contributed by atoms with van der Waals surface area (Å²) >= 11 is 0. The Morgan fingerprint density at radius 1 is 1.22 bits per heavy atom. The van der Waals surface area contributed by atoms with Crippen molar-refractivity contribution in [2.24, 2.45) is 0 Å². The molecular formula is C31H29F2N3O5. The van der Waals surface area contributed by atoms with Crippen LogP contribution in [0.2, 0.25) is 0 Å². The maximum Gasteiger partial charge on any atom is 0.335 e. The molecule has 2 atom stereocenters. The first-order valence-corrected chi connectivity index (χ1v) is 13.1. The second-order valence-corrected chi connectivity index (χ2v) is 10.4. The first-order chi connectivity index (χ1) is 20.8. The monoisotopic (exact) mass is 564 g/mol. The molecule has 1 saturated carbocycles. The van der Waals surface area contributed by atoms with E-state index in [1.807, 2.05) is 0 Å². The Bertz CT molecular complexity index is 1940. The number of nitrogens with one attached hydrogen (secondary N) is 1. The molecule has 5 aromatic rings. The van der Waals surface area contributed by atoms with Gasteiger partial charge in [-0.15, -0.1) is 0 Å². The van der Waals surface area contributed by atoms with E-state index in [1.54, 1.807) is 29.7 Å². The summed E-state index contributed by atoms with van der Waals surface area (Å²) in [5.41, 5.74) is 0.317. The van der Waals surface area contributed by atoms with Gasteiger partial charge in [0.2, 0.25) is 0 Å². The van der Waals surface area contributed by atoms with Crippen LogP contribution in [0.15, 0.2) is 48.7 Å². The highest BCUT2D eigenvalue weighted by molar-refractivity contribution is 6.07. The molecule has 0 spiro atoms. The molecule has 3 aromatic carbocycles. The van der Waals surface area contributed by atoms with Crippen molar-refractivity contribution in [3.05, 3.63) is 77.1 Å². The summed E-state index contributed by atoms with van der Waals surface area (Å²) in [6, 6.07) is 9.89. The number of aromatic carboxylic acids is 1. The number of carboxylic acid groups (broad SMARTS) is 1. The van der Waals surface area contributed by atoms with E-state index in [-0.39, 0.29) is 45.3 Å². The lowest BCUT2D eigenvalue weighted by Gasteiger charge is -2.40. The standard InChI is InChI=1S/C31H29F2N3O5/c1-16-12-17(7-9-20(16)30(37)38)25-26-22(13-18-15-34-35-28(18)27(26)33)36(19-8-10-21(32)23(14-19)40-2)29(25)31(39)11-5-4-6-24(31)41-3/h7-10,12-15,24,39H,4-6,11H2,1-3H3,(H,34,35)(H,37,38)/t24-,31?/m0/s1/i2D3. The van der Waals surface area contributed by atoms with E-state index in [0.717, 1.165) is 12.5 Å². The molecule has 2 heterocycles. The lowest BCUT2D eigenvalue weighted by molar-refractivity contribution is -0.125. The van der Waals surface area contributed by atoms with Gasteiger partial charge in [-0.3, -0.25) is 5.10 Å². The number of rotatable bonds is 6. The van der Waals surface area contributed by atoms with Crippen molar-refractivity contribution in [1.82, 2.24) is 14.8 Å². The van der Waals surface area contributed by atoms with Crippen LogP contribution < -0.4 is 4.74 Å². The normalized spacial score (nSPS) is 20.6. The zero-order chi connectivity index (χ0) is 31.6. The molecule has 0 radical (unpaired) electrons. The van der Waals surface area contributed by atoms with E-state index in [2.05, 4.69) is 10.2 Å². The van der Waals surface area contributed by atoms with E-state index in [9.17, 15) is 19.4 Å². The Labute approximate surface area is 238 Å². The van der Waals surface area contributed by atoms with Gasteiger partial charge in [-0.05, 0) is 61.6 Å². The lowest BCUT2D eigenvalue weighted by atomic mass is 9.77. The van der Waals surface area contributed by atoms with Crippen LogP contribution in [0.1, 0.15) is 51.4 Å². The molecule has 0 saturated heterocycles. The molecule has 3 N–H and O–H groups in total. The van der Waals surface area contributed by atoms with Crippen molar-refractivity contribution in [1.29, 1.82) is 0 Å². The minimum Gasteiger partial charge on any atom is -0.494 e. The summed E-state index contributed by atoms with van der Waals surface area (Å²) in [6.45, 7) is 1.63. The molecule has 0 bridgehead atoms. The van der Waals surface area contributed by atoms with Crippen LogP contribution in [0, 0.1) is 18.6 Å². The molecule has 10 heteroatoms. The molecule has 1 fully saturated rings. The fraction of sp³-hybridized carbons (Fsp3) is 0.290. The Hall–Kier alpha value is -4.28. The second-order valence-electron chi connectivity index (χ2n) is 10.4. The van der Waals surface area contributed by atoms with Gasteiger partial charge in [0.15, 0.2) is 17.4 Å². The average Bonchev–Trinajstić information content (AvgIpc) is 3.57. The molecule has 1 unspecified atom stereocenters. The van der Waals surface area contributed by atoms with Crippen molar-refractivity contribution in [3.63, 3.8) is 0 Å². The number of fused-ring (bicyclic) bond motifs is 2. The van der Waals surface area contributed by atoms with E-state index < -0.39 is 42.1 Å². The summed E-state index contributed by atoms with van der Waals surface area (Å²) < 4.78 is 66.4. The smallest absolute Gasteiger partial charge is 0.335 e. The molecule has 8 nitrogen and oxygen atoms in total. The van der Waals surface area contributed by atoms with Crippen molar-refractivity contribution >= 4 is 27.8 Å². The maximum absolute atomic E-state index is 16.6. The quantitative estimate of drug-likeness (QED) is 0.225. The molecule has 6 rings (SSSR count). The van der Waals surface area contributed by atoms with E-state index in [1.165, 1.54) is 31.5 Å². The summed E-state index contributed by atoms with van der Waals surface area (Å²) in [6.07, 6.45) is 2.86. The van der Waals surface area contributed by atoms with Crippen molar-refractivity contribution in [3.8, 4) is 22.6 Å². The number of ether oxygens (including phenoxy) is 2. The molecule has 2 aromatic heterocycles. The molecular weight excluding hydrogens is 532 g/mol. The summed E-state index contributed by atoms with van der Waals surface area (Å²) in [4.78, 5) is 11.8. The van der Waals surface area contributed by atoms with Crippen molar-refractivity contribution in [2.75, 3.05) is 14.1 Å². The summed E-state index contributed by atoms with van der Waals surface area (Å²) in [5.74, 6) is -3.26. The van der Waals surface area contributed by atoms with Gasteiger partial charge in [0.1, 0.15) is 11.1 Å². The topological polar surface area (TPSA) is 110 Å². The zero-order valence-electron chi connectivity index (χ0n) is 25.3. The third-order valence-electron chi connectivity index (χ3n) is 8.14. The van der Waals surface area contributed by atoms with Crippen molar-refractivity contribution in [2.45, 2.75) is 44.3 Å². The third-order valence-corrected chi connectivity index (χ3v) is 8.14. The maximum atomic E-state index is 16.6. The molecule has 0 aliphatic heterocycles. The predicted octanol–water partition coefficient (Wildman–Crippen LogP) is 6.24. The third kappa shape index (κ3) is 4.08. The number of aliphatic hydroxyl groups is 1. The summed E-state index contributed by atoms with van der Waals surface area (Å²) in [7, 11) is -1.47. The van der Waals surface area contributed by atoms with E-state index in [0.29, 0.717) is 29.4 Å². The first-order valence-electron chi connectivity index (χ1n) is 14.6. The van der Waals surface area contributed by atoms with Crippen LogP contribution in [0.4, 0.5) is 8.78 Å². The van der Waals surface area contributed by atoms with Gasteiger partial charge < -0.3 is 24.3 Å². The number of carbonyl (C=O) groups is 1. The van der Waals surface area contributed by atoms with Crippen LogP contribution in [-0.4, -0.2) is 51.2 Å². The number of carboxylic acids is 1. The predicted molar refractivity (Wildman–Crippen MR) is 150 cm³/mol. The molecule has 41 heavy (non-hydrogen) atoms. The van der Waals surface area contributed by atoms with Crippen LogP contribution in [0.5, 0.6) is 5.75 Å². The number of benzene rings is 3. The minimum atomic E-state index is -2.95. The molecule has 1 aliphatic rings. The molecule has 0 amide bonds. The van der Waals surface area contributed by atoms with Crippen LogP contribution >= 0.6 is 0 Å². The number of aryl methyl sites for hydroxylation is 1. The first kappa shape index (κ1) is 23.4. The number of hydrogen-bond acceptors (Lipinski definition) is 5. The zero-order valence-corrected chi connectivity index (χ0v) is 22.3. The van der Waals surface area contributed by atoms with Gasteiger partial charge in [-0.25, -0.2) is 13.6 Å². The fourth-order valence-electron chi connectivity index (χ4n) is 6.24. The highest BCUT2D eigenvalue weighted by atomic mass is 19.1. The van der Waals surface area contributed by atoms with Gasteiger partial charge in [0.25, 0.3) is 0 Å². The Balaban J connectivity index is 1.80. The second kappa shape index (κ2) is 9.97. The number of aromatic amines is 1. The largest absolute Gasteiger partial charge is 0.494 e. The molecule has 212 valence electrons. The van der Waals surface area contributed by atoms with Crippen LogP contribution in [-0.2, 0) is 10.3 Å². The minimum absolute atomic E-state index is 0.0617. The number of halogens is 2. The Morgan fingerprint density at radius 2 is 2.05 bits per heavy atom. The Morgan fingerprint density at radius 3 is 2.78 bits per heavy atom. The summed E-state index contributed by atoms with van der Waals surface area (Å²) in [5, 5.41) is 29.5. The highest BCUT2D eigenvalue weighted by Crippen LogP contribution is 2.50. The fourth-order valence-corrected chi connectivity index (χ4v) is 6.24. The Kier molecular flexibility index (Phi) is 5.70. The van der Waals surface area contributed by atoms with Crippen LogP contribution in [0.25, 0.3) is 38.6 Å². The van der Waals surface area contributed by atoms with Gasteiger partial charge >= 0.3 is 5.97 Å². The lowest BCUT2D eigenvalue weighted by Crippen LogP contribution is -2.45. The molecule has 1 aliphatic carbocycles. The van der Waals surface area contributed by atoms with E-state index >= 15 is 4.39 Å². The van der Waals surface area contributed by atoms with Crippen LogP contribution in [0.3, 0.4) is 0 Å². The highest BCUT2D eigenvalue weighted by Gasteiger charge is 2.46. The number of hydrogen-bond donors (Lipinski definition) is 3. The number of nitrogens with zero attached hydrogens (tertiary/aromatic N) is 2. The van der Waals surface area contributed by atoms with Gasteiger partial charge in [-0.1, -0.05) is 18.6 Å². The number of H-pyrrole nitrogens is 1. The van der Waals surface area contributed by atoms with Crippen molar-refractivity contribution < 1.29 is 37.4 Å². The number of methoxy groups -OCH3 is 2. The number of aromatic nitrogens is 3. The van der Waals surface area contributed by atoms with Gasteiger partial charge in [0, 0.05) is 35.2 Å².